The van der Waals surface area contributed by atoms with E-state index in [4.69, 9.17) is 14.2 Å². The van der Waals surface area contributed by atoms with E-state index in [1.54, 1.807) is 6.92 Å². The SMILES string of the molecule is CCOC(=O)Oc1c(OC)cc(C(=O)[O-])cc1OC. The summed E-state index contributed by atoms with van der Waals surface area (Å²) in [7, 11) is 2.59. The summed E-state index contributed by atoms with van der Waals surface area (Å²) in [5.74, 6) is -1.43. The van der Waals surface area contributed by atoms with Crippen molar-refractivity contribution in [1.29, 1.82) is 0 Å². The van der Waals surface area contributed by atoms with E-state index in [9.17, 15) is 14.7 Å². The van der Waals surface area contributed by atoms with Crippen molar-refractivity contribution < 1.29 is 33.6 Å². The highest BCUT2D eigenvalue weighted by atomic mass is 16.7. The Labute approximate surface area is 109 Å². The molecule has 1 aromatic carbocycles. The lowest BCUT2D eigenvalue weighted by Gasteiger charge is -2.15. The molecular formula is C12H13O7-. The van der Waals surface area contributed by atoms with E-state index in [2.05, 4.69) is 4.74 Å². The van der Waals surface area contributed by atoms with Gasteiger partial charge in [0.05, 0.1) is 26.8 Å². The summed E-state index contributed by atoms with van der Waals surface area (Å²) in [5.41, 5.74) is -0.162. The number of carbonyl (C=O) groups excluding carboxylic acids is 2. The average molecular weight is 269 g/mol. The second-order valence-corrected chi connectivity index (χ2v) is 3.28. The largest absolute Gasteiger partial charge is 0.545 e. The maximum Gasteiger partial charge on any atom is 0.514 e. The van der Waals surface area contributed by atoms with Crippen molar-refractivity contribution in [2.75, 3.05) is 20.8 Å². The predicted octanol–water partition coefficient (Wildman–Crippen LogP) is 0.603. The summed E-state index contributed by atoms with van der Waals surface area (Å²) in [6.45, 7) is 1.76. The summed E-state index contributed by atoms with van der Waals surface area (Å²) >= 11 is 0. The number of carbonyl (C=O) groups is 2. The Morgan fingerprint density at radius 1 is 1.16 bits per heavy atom. The first-order valence-electron chi connectivity index (χ1n) is 5.35. The van der Waals surface area contributed by atoms with Gasteiger partial charge in [-0.3, -0.25) is 0 Å². The van der Waals surface area contributed by atoms with Gasteiger partial charge in [0.2, 0.25) is 5.75 Å². The number of benzene rings is 1. The molecule has 0 N–H and O–H groups in total. The lowest BCUT2D eigenvalue weighted by Crippen LogP contribution is -2.22. The van der Waals surface area contributed by atoms with Crippen molar-refractivity contribution in [2.45, 2.75) is 6.92 Å². The maximum atomic E-state index is 11.3. The standard InChI is InChI=1S/C12H14O7/c1-4-18-12(15)19-10-8(16-2)5-7(11(13)14)6-9(10)17-3/h5-6H,4H2,1-3H3,(H,13,14)/p-1. The third-order valence-electron chi connectivity index (χ3n) is 2.14. The van der Waals surface area contributed by atoms with Gasteiger partial charge in [0.1, 0.15) is 0 Å². The number of carboxylic acid groups (broad SMARTS) is 1. The van der Waals surface area contributed by atoms with Crippen LogP contribution in [0.3, 0.4) is 0 Å². The van der Waals surface area contributed by atoms with Crippen molar-refractivity contribution in [2.24, 2.45) is 0 Å². The van der Waals surface area contributed by atoms with E-state index in [1.165, 1.54) is 14.2 Å². The zero-order valence-electron chi connectivity index (χ0n) is 10.7. The lowest BCUT2D eigenvalue weighted by molar-refractivity contribution is -0.255. The summed E-state index contributed by atoms with van der Waals surface area (Å²) in [6.07, 6.45) is -0.944. The summed E-state index contributed by atoms with van der Waals surface area (Å²) in [4.78, 5) is 22.1. The lowest BCUT2D eigenvalue weighted by atomic mass is 10.2. The highest BCUT2D eigenvalue weighted by molar-refractivity contribution is 5.88. The van der Waals surface area contributed by atoms with Crippen LogP contribution in [-0.4, -0.2) is 33.0 Å². The van der Waals surface area contributed by atoms with Crippen LogP contribution in [-0.2, 0) is 4.74 Å². The smallest absolute Gasteiger partial charge is 0.514 e. The van der Waals surface area contributed by atoms with E-state index in [-0.39, 0.29) is 29.4 Å². The molecule has 0 amide bonds. The van der Waals surface area contributed by atoms with Gasteiger partial charge in [-0.2, -0.15) is 0 Å². The molecule has 19 heavy (non-hydrogen) atoms. The molecule has 0 heterocycles. The summed E-state index contributed by atoms with van der Waals surface area (Å²) in [5, 5.41) is 10.8. The van der Waals surface area contributed by atoms with E-state index in [1.807, 2.05) is 0 Å². The van der Waals surface area contributed by atoms with Crippen LogP contribution in [0.5, 0.6) is 17.2 Å². The van der Waals surface area contributed by atoms with Crippen LogP contribution in [0.25, 0.3) is 0 Å². The van der Waals surface area contributed by atoms with Crippen LogP contribution in [0.1, 0.15) is 17.3 Å². The van der Waals surface area contributed by atoms with Crippen molar-refractivity contribution >= 4 is 12.1 Å². The molecule has 0 saturated carbocycles. The van der Waals surface area contributed by atoms with Crippen molar-refractivity contribution in [3.8, 4) is 17.2 Å². The highest BCUT2D eigenvalue weighted by Gasteiger charge is 2.18. The van der Waals surface area contributed by atoms with Gasteiger partial charge in [0, 0.05) is 5.56 Å². The van der Waals surface area contributed by atoms with Crippen molar-refractivity contribution in [3.63, 3.8) is 0 Å². The molecule has 0 saturated heterocycles. The first-order chi connectivity index (χ1) is 9.03. The van der Waals surface area contributed by atoms with Crippen molar-refractivity contribution in [3.05, 3.63) is 17.7 Å². The Kier molecular flexibility index (Phi) is 4.99. The van der Waals surface area contributed by atoms with Gasteiger partial charge < -0.3 is 28.8 Å². The molecule has 0 unspecified atom stereocenters. The number of hydrogen-bond acceptors (Lipinski definition) is 7. The zero-order valence-corrected chi connectivity index (χ0v) is 10.7. The predicted molar refractivity (Wildman–Crippen MR) is 61.5 cm³/mol. The quantitative estimate of drug-likeness (QED) is 0.570. The summed E-state index contributed by atoms with van der Waals surface area (Å²) < 4.78 is 19.4. The summed E-state index contributed by atoms with van der Waals surface area (Å²) in [6, 6.07) is 2.32. The number of methoxy groups -OCH3 is 2. The van der Waals surface area contributed by atoms with Crippen molar-refractivity contribution in [1.82, 2.24) is 0 Å². The van der Waals surface area contributed by atoms with E-state index < -0.39 is 12.1 Å². The molecule has 0 aliphatic rings. The number of rotatable bonds is 5. The fourth-order valence-corrected chi connectivity index (χ4v) is 1.33. The Balaban J connectivity index is 3.20. The van der Waals surface area contributed by atoms with Gasteiger partial charge in [0.25, 0.3) is 0 Å². The van der Waals surface area contributed by atoms with E-state index in [0.717, 1.165) is 12.1 Å². The second-order valence-electron chi connectivity index (χ2n) is 3.28. The molecule has 1 aromatic rings. The Hall–Kier alpha value is -2.44. The Morgan fingerprint density at radius 3 is 2.05 bits per heavy atom. The van der Waals surface area contributed by atoms with Crippen LogP contribution in [0.4, 0.5) is 4.79 Å². The molecule has 0 aliphatic heterocycles. The fraction of sp³-hybridized carbons (Fsp3) is 0.333. The minimum atomic E-state index is -1.40. The molecule has 1 rings (SSSR count). The van der Waals surface area contributed by atoms with Gasteiger partial charge >= 0.3 is 6.16 Å². The molecule has 0 spiro atoms. The van der Waals surface area contributed by atoms with Gasteiger partial charge in [-0.25, -0.2) is 4.79 Å². The minimum Gasteiger partial charge on any atom is -0.545 e. The number of hydrogen-bond donors (Lipinski definition) is 0. The van der Waals surface area contributed by atoms with Gasteiger partial charge in [0.15, 0.2) is 11.5 Å². The molecule has 7 nitrogen and oxygen atoms in total. The van der Waals surface area contributed by atoms with Crippen LogP contribution >= 0.6 is 0 Å². The van der Waals surface area contributed by atoms with Gasteiger partial charge in [-0.05, 0) is 19.1 Å². The first kappa shape index (κ1) is 14.6. The molecule has 7 heteroatoms. The van der Waals surface area contributed by atoms with Crippen LogP contribution in [0.15, 0.2) is 12.1 Å². The van der Waals surface area contributed by atoms with Gasteiger partial charge in [-0.15, -0.1) is 0 Å². The van der Waals surface area contributed by atoms with Gasteiger partial charge in [-0.1, -0.05) is 0 Å². The van der Waals surface area contributed by atoms with E-state index in [0.29, 0.717) is 0 Å². The zero-order chi connectivity index (χ0) is 14.4. The van der Waals surface area contributed by atoms with Crippen LogP contribution in [0, 0.1) is 0 Å². The highest BCUT2D eigenvalue weighted by Crippen LogP contribution is 2.38. The average Bonchev–Trinajstić information content (AvgIpc) is 2.38. The van der Waals surface area contributed by atoms with E-state index >= 15 is 0 Å². The molecule has 0 fully saturated rings. The van der Waals surface area contributed by atoms with Crippen LogP contribution in [0.2, 0.25) is 0 Å². The first-order valence-corrected chi connectivity index (χ1v) is 5.35. The topological polar surface area (TPSA) is 94.1 Å². The number of ether oxygens (including phenoxy) is 4. The third-order valence-corrected chi connectivity index (χ3v) is 2.14. The number of aromatic carboxylic acids is 1. The monoisotopic (exact) mass is 269 g/mol. The molecule has 0 atom stereocenters. The Bertz CT molecular complexity index is 456. The molecule has 0 aliphatic carbocycles. The fourth-order valence-electron chi connectivity index (χ4n) is 1.33. The molecule has 0 bridgehead atoms. The normalized spacial score (nSPS) is 9.63. The molecule has 0 aromatic heterocycles. The second kappa shape index (κ2) is 6.48. The molecule has 104 valence electrons. The Morgan fingerprint density at radius 2 is 1.68 bits per heavy atom. The third kappa shape index (κ3) is 3.51. The minimum absolute atomic E-state index is 0.0200. The van der Waals surface area contributed by atoms with Crippen LogP contribution < -0.4 is 19.3 Å². The number of carboxylic acids is 1. The molecule has 0 radical (unpaired) electrons. The maximum absolute atomic E-state index is 11.3. The molecular weight excluding hydrogens is 256 g/mol.